The van der Waals surface area contributed by atoms with Gasteiger partial charge in [-0.3, -0.25) is 0 Å². The smallest absolute Gasteiger partial charge is 0.118 e. The number of benzene rings is 1. The minimum atomic E-state index is 0.325. The van der Waals surface area contributed by atoms with Crippen LogP contribution in [0.4, 0.5) is 0 Å². The summed E-state index contributed by atoms with van der Waals surface area (Å²) >= 11 is 0. The van der Waals surface area contributed by atoms with Crippen LogP contribution in [0.5, 0.6) is 5.75 Å². The first kappa shape index (κ1) is 13.6. The molecule has 0 aliphatic carbocycles. The van der Waals surface area contributed by atoms with Crippen LogP contribution in [-0.4, -0.2) is 23.2 Å². The van der Waals surface area contributed by atoms with E-state index in [1.54, 1.807) is 7.11 Å². The highest BCUT2D eigenvalue weighted by molar-refractivity contribution is 5.28. The van der Waals surface area contributed by atoms with Crippen LogP contribution in [0.15, 0.2) is 36.7 Å². The third-order valence-corrected chi connectivity index (χ3v) is 3.34. The molecule has 1 N–H and O–H groups in total. The van der Waals surface area contributed by atoms with E-state index in [0.29, 0.717) is 6.04 Å². The van der Waals surface area contributed by atoms with Gasteiger partial charge in [-0.25, -0.2) is 4.98 Å². The Labute approximate surface area is 114 Å². The van der Waals surface area contributed by atoms with Gasteiger partial charge in [0.2, 0.25) is 0 Å². The number of imidazole rings is 1. The minimum Gasteiger partial charge on any atom is -0.497 e. The molecule has 1 atom stereocenters. The standard InChI is InChI=1S/C15H21N3O/c1-12(13-4-6-14(19-3)7-5-13)16-9-8-15-17-10-11-18(15)2/h4-7,10-12,16H,8-9H2,1-3H3/t12-/m1/s1. The summed E-state index contributed by atoms with van der Waals surface area (Å²) in [4.78, 5) is 4.31. The molecule has 0 amide bonds. The number of hydrogen-bond acceptors (Lipinski definition) is 3. The average Bonchev–Trinajstić information content (AvgIpc) is 2.84. The molecule has 0 spiro atoms. The van der Waals surface area contributed by atoms with Crippen LogP contribution in [0.1, 0.15) is 24.4 Å². The number of nitrogens with zero attached hydrogens (tertiary/aromatic N) is 2. The molecular weight excluding hydrogens is 238 g/mol. The largest absolute Gasteiger partial charge is 0.497 e. The third kappa shape index (κ3) is 3.58. The van der Waals surface area contributed by atoms with Crippen molar-refractivity contribution in [2.75, 3.05) is 13.7 Å². The summed E-state index contributed by atoms with van der Waals surface area (Å²) in [6.45, 7) is 3.08. The van der Waals surface area contributed by atoms with E-state index in [9.17, 15) is 0 Å². The van der Waals surface area contributed by atoms with E-state index >= 15 is 0 Å². The fourth-order valence-corrected chi connectivity index (χ4v) is 2.05. The zero-order valence-electron chi connectivity index (χ0n) is 11.8. The van der Waals surface area contributed by atoms with Crippen molar-refractivity contribution in [1.82, 2.24) is 14.9 Å². The first-order valence-corrected chi connectivity index (χ1v) is 6.54. The lowest BCUT2D eigenvalue weighted by Crippen LogP contribution is -2.22. The van der Waals surface area contributed by atoms with Crippen LogP contribution < -0.4 is 10.1 Å². The number of aryl methyl sites for hydroxylation is 1. The lowest BCUT2D eigenvalue weighted by Gasteiger charge is -2.14. The second-order valence-electron chi connectivity index (χ2n) is 4.65. The van der Waals surface area contributed by atoms with Crippen molar-refractivity contribution in [3.8, 4) is 5.75 Å². The molecule has 0 saturated carbocycles. The maximum atomic E-state index is 5.16. The lowest BCUT2D eigenvalue weighted by molar-refractivity contribution is 0.414. The van der Waals surface area contributed by atoms with Crippen LogP contribution in [0.25, 0.3) is 0 Å². The van der Waals surface area contributed by atoms with Gasteiger partial charge in [0.15, 0.2) is 0 Å². The van der Waals surface area contributed by atoms with E-state index in [-0.39, 0.29) is 0 Å². The number of hydrogen-bond donors (Lipinski definition) is 1. The van der Waals surface area contributed by atoms with E-state index in [2.05, 4.69) is 33.9 Å². The first-order valence-electron chi connectivity index (χ1n) is 6.54. The topological polar surface area (TPSA) is 39.1 Å². The molecule has 0 bridgehead atoms. The van der Waals surface area contributed by atoms with Gasteiger partial charge in [-0.1, -0.05) is 12.1 Å². The van der Waals surface area contributed by atoms with Crippen molar-refractivity contribution in [1.29, 1.82) is 0 Å². The average molecular weight is 259 g/mol. The van der Waals surface area contributed by atoms with Crippen molar-refractivity contribution in [2.45, 2.75) is 19.4 Å². The monoisotopic (exact) mass is 259 g/mol. The fraction of sp³-hybridized carbons (Fsp3) is 0.400. The normalized spacial score (nSPS) is 12.4. The van der Waals surface area contributed by atoms with Crippen molar-refractivity contribution < 1.29 is 4.74 Å². The number of methoxy groups -OCH3 is 1. The summed E-state index contributed by atoms with van der Waals surface area (Å²) in [5, 5.41) is 3.51. The van der Waals surface area contributed by atoms with Gasteiger partial charge in [0.05, 0.1) is 7.11 Å². The maximum Gasteiger partial charge on any atom is 0.118 e. The van der Waals surface area contributed by atoms with Gasteiger partial charge in [0.1, 0.15) is 11.6 Å². The highest BCUT2D eigenvalue weighted by Crippen LogP contribution is 2.17. The molecule has 0 aliphatic heterocycles. The number of rotatable bonds is 6. The number of nitrogens with one attached hydrogen (secondary N) is 1. The van der Waals surface area contributed by atoms with Gasteiger partial charge < -0.3 is 14.6 Å². The molecule has 1 aromatic carbocycles. The molecule has 4 nitrogen and oxygen atoms in total. The van der Waals surface area contributed by atoms with E-state index < -0.39 is 0 Å². The zero-order chi connectivity index (χ0) is 13.7. The summed E-state index contributed by atoms with van der Waals surface area (Å²) in [7, 11) is 3.71. The van der Waals surface area contributed by atoms with Gasteiger partial charge in [-0.05, 0) is 24.6 Å². The molecular formula is C15H21N3O. The van der Waals surface area contributed by atoms with Gasteiger partial charge in [0, 0.05) is 38.4 Å². The van der Waals surface area contributed by atoms with E-state index in [0.717, 1.165) is 24.5 Å². The highest BCUT2D eigenvalue weighted by Gasteiger charge is 2.05. The number of aromatic nitrogens is 2. The molecule has 0 fully saturated rings. The van der Waals surface area contributed by atoms with E-state index in [1.165, 1.54) is 5.56 Å². The lowest BCUT2D eigenvalue weighted by atomic mass is 10.1. The second kappa shape index (κ2) is 6.38. The van der Waals surface area contributed by atoms with Gasteiger partial charge in [0.25, 0.3) is 0 Å². The molecule has 1 heterocycles. The molecule has 4 heteroatoms. The molecule has 0 aliphatic rings. The van der Waals surface area contributed by atoms with Gasteiger partial charge in [-0.15, -0.1) is 0 Å². The van der Waals surface area contributed by atoms with Crippen molar-refractivity contribution in [2.24, 2.45) is 7.05 Å². The molecule has 19 heavy (non-hydrogen) atoms. The fourth-order valence-electron chi connectivity index (χ4n) is 2.05. The summed E-state index contributed by atoms with van der Waals surface area (Å²) in [5.41, 5.74) is 1.26. The first-order chi connectivity index (χ1) is 9.20. The summed E-state index contributed by atoms with van der Waals surface area (Å²) in [5.74, 6) is 2.00. The Morgan fingerprint density at radius 3 is 2.63 bits per heavy atom. The zero-order valence-corrected chi connectivity index (χ0v) is 11.8. The maximum absolute atomic E-state index is 5.16. The predicted molar refractivity (Wildman–Crippen MR) is 76.3 cm³/mol. The molecule has 102 valence electrons. The summed E-state index contributed by atoms with van der Waals surface area (Å²) in [6, 6.07) is 8.50. The third-order valence-electron chi connectivity index (χ3n) is 3.34. The van der Waals surface area contributed by atoms with Crippen molar-refractivity contribution >= 4 is 0 Å². The SMILES string of the molecule is COc1ccc([C@@H](C)NCCc2nccn2C)cc1. The summed E-state index contributed by atoms with van der Waals surface area (Å²) < 4.78 is 7.22. The Morgan fingerprint density at radius 1 is 1.32 bits per heavy atom. The van der Waals surface area contributed by atoms with Crippen LogP contribution in [-0.2, 0) is 13.5 Å². The Balaban J connectivity index is 1.83. The molecule has 0 radical (unpaired) electrons. The Hall–Kier alpha value is -1.81. The Bertz CT molecular complexity index is 504. The molecule has 0 saturated heterocycles. The van der Waals surface area contributed by atoms with Crippen LogP contribution in [0.3, 0.4) is 0 Å². The van der Waals surface area contributed by atoms with Crippen LogP contribution >= 0.6 is 0 Å². The van der Waals surface area contributed by atoms with E-state index in [4.69, 9.17) is 4.74 Å². The molecule has 2 aromatic rings. The predicted octanol–water partition coefficient (Wildman–Crippen LogP) is 2.32. The van der Waals surface area contributed by atoms with Crippen LogP contribution in [0.2, 0.25) is 0 Å². The van der Waals surface area contributed by atoms with Crippen LogP contribution in [0, 0.1) is 0 Å². The van der Waals surface area contributed by atoms with Gasteiger partial charge >= 0.3 is 0 Å². The molecule has 0 unspecified atom stereocenters. The quantitative estimate of drug-likeness (QED) is 0.865. The molecule has 2 rings (SSSR count). The van der Waals surface area contributed by atoms with E-state index in [1.807, 2.05) is 31.6 Å². The number of ether oxygens (including phenoxy) is 1. The van der Waals surface area contributed by atoms with Gasteiger partial charge in [-0.2, -0.15) is 0 Å². The highest BCUT2D eigenvalue weighted by atomic mass is 16.5. The minimum absolute atomic E-state index is 0.325. The van der Waals surface area contributed by atoms with Crippen molar-refractivity contribution in [3.63, 3.8) is 0 Å². The Morgan fingerprint density at radius 2 is 2.05 bits per heavy atom. The molecule has 1 aromatic heterocycles. The summed E-state index contributed by atoms with van der Waals surface area (Å²) in [6.07, 6.45) is 4.74. The second-order valence-corrected chi connectivity index (χ2v) is 4.65. The Kier molecular flexibility index (Phi) is 4.58. The van der Waals surface area contributed by atoms with Crippen molar-refractivity contribution in [3.05, 3.63) is 48.0 Å².